The third-order valence-corrected chi connectivity index (χ3v) is 4.54. The number of piperazine rings is 1. The second-order valence-electron chi connectivity index (χ2n) is 6.05. The highest BCUT2D eigenvalue weighted by Crippen LogP contribution is 2.36. The fraction of sp³-hybridized carbons (Fsp3) is 0.412. The number of carbonyl (C=O) groups is 2. The number of nitrogens with one attached hydrogen (secondary N) is 1. The Bertz CT molecular complexity index is 601. The number of β-amino-alcohol motifs (C(OH)–C–C–N with tert-alkyl or cyclic N) is 1. The van der Waals surface area contributed by atoms with Crippen LogP contribution in [0.3, 0.4) is 0 Å². The summed E-state index contributed by atoms with van der Waals surface area (Å²) in [5, 5.41) is 12.8. The Labute approximate surface area is 129 Å². The van der Waals surface area contributed by atoms with Gasteiger partial charge in [0.1, 0.15) is 11.6 Å². The lowest BCUT2D eigenvalue weighted by Crippen LogP contribution is -2.68. The molecule has 2 aliphatic rings. The van der Waals surface area contributed by atoms with E-state index < -0.39 is 17.7 Å². The number of rotatable bonds is 4. The minimum absolute atomic E-state index is 0.123. The molecule has 0 saturated carbocycles. The van der Waals surface area contributed by atoms with Crippen LogP contribution in [-0.2, 0) is 16.0 Å². The number of hydrogen-bond donors (Lipinski definition) is 2. The van der Waals surface area contributed by atoms with Gasteiger partial charge < -0.3 is 15.3 Å². The van der Waals surface area contributed by atoms with Crippen molar-refractivity contribution in [3.63, 3.8) is 0 Å². The molecule has 0 radical (unpaired) electrons. The number of aliphatic hydroxyl groups is 1. The van der Waals surface area contributed by atoms with Crippen LogP contribution in [0.2, 0.25) is 0 Å². The Morgan fingerprint density at radius 1 is 1.36 bits per heavy atom. The van der Waals surface area contributed by atoms with E-state index in [9.17, 15) is 14.7 Å². The zero-order valence-electron chi connectivity index (χ0n) is 12.4. The van der Waals surface area contributed by atoms with Crippen molar-refractivity contribution in [2.24, 2.45) is 0 Å². The summed E-state index contributed by atoms with van der Waals surface area (Å²) in [5.74, 6) is -0.314. The van der Waals surface area contributed by atoms with E-state index in [1.807, 2.05) is 30.3 Å². The second-order valence-corrected chi connectivity index (χ2v) is 6.05. The standard InChI is InChI=1S/C17H20N2O3/c1-2-8-17-10-13(20)11-19(17)15(21)14(18-16(17)22)9-12-6-4-3-5-7-12/h2-7,13-14,20H,1,8-11H2,(H,18,22)/t13-,14?,17?/m1/s1. The molecule has 2 N–H and O–H groups in total. The fourth-order valence-corrected chi connectivity index (χ4v) is 3.52. The van der Waals surface area contributed by atoms with Gasteiger partial charge >= 0.3 is 0 Å². The largest absolute Gasteiger partial charge is 0.391 e. The molecule has 2 aliphatic heterocycles. The molecule has 0 aliphatic carbocycles. The Morgan fingerprint density at radius 2 is 2.09 bits per heavy atom. The average Bonchev–Trinajstić information content (AvgIpc) is 2.84. The highest BCUT2D eigenvalue weighted by atomic mass is 16.3. The monoisotopic (exact) mass is 300 g/mol. The van der Waals surface area contributed by atoms with Crippen LogP contribution >= 0.6 is 0 Å². The van der Waals surface area contributed by atoms with Crippen LogP contribution in [0, 0.1) is 0 Å². The first-order chi connectivity index (χ1) is 10.6. The van der Waals surface area contributed by atoms with Crippen LogP contribution < -0.4 is 5.32 Å². The average molecular weight is 300 g/mol. The highest BCUT2D eigenvalue weighted by Gasteiger charge is 2.56. The van der Waals surface area contributed by atoms with Crippen molar-refractivity contribution in [1.29, 1.82) is 0 Å². The number of carbonyl (C=O) groups excluding carboxylic acids is 2. The second kappa shape index (κ2) is 5.57. The predicted octanol–water partition coefficient (Wildman–Crippen LogP) is 0.636. The van der Waals surface area contributed by atoms with E-state index in [0.29, 0.717) is 12.8 Å². The summed E-state index contributed by atoms with van der Waals surface area (Å²) < 4.78 is 0. The quantitative estimate of drug-likeness (QED) is 0.802. The molecule has 0 bridgehead atoms. The van der Waals surface area contributed by atoms with Gasteiger partial charge in [-0.3, -0.25) is 9.59 Å². The lowest BCUT2D eigenvalue weighted by molar-refractivity contribution is -0.154. The third-order valence-electron chi connectivity index (χ3n) is 4.54. The number of aliphatic hydroxyl groups excluding tert-OH is 1. The molecule has 22 heavy (non-hydrogen) atoms. The molecule has 2 saturated heterocycles. The lowest BCUT2D eigenvalue weighted by atomic mass is 9.86. The minimum atomic E-state index is -0.967. The highest BCUT2D eigenvalue weighted by molar-refractivity contribution is 6.00. The third kappa shape index (κ3) is 2.31. The SMILES string of the molecule is C=CCC12C[C@@H](O)CN1C(=O)C(Cc1ccccc1)NC2=O. The first-order valence-corrected chi connectivity index (χ1v) is 7.52. The molecule has 2 unspecified atom stereocenters. The predicted molar refractivity (Wildman–Crippen MR) is 82.0 cm³/mol. The number of benzene rings is 1. The van der Waals surface area contributed by atoms with E-state index in [0.717, 1.165) is 5.56 Å². The minimum Gasteiger partial charge on any atom is -0.391 e. The lowest BCUT2D eigenvalue weighted by Gasteiger charge is -2.43. The summed E-state index contributed by atoms with van der Waals surface area (Å²) >= 11 is 0. The normalized spacial score (nSPS) is 30.9. The van der Waals surface area contributed by atoms with E-state index in [4.69, 9.17) is 0 Å². The van der Waals surface area contributed by atoms with Gasteiger partial charge in [0.05, 0.1) is 6.10 Å². The van der Waals surface area contributed by atoms with Crippen molar-refractivity contribution < 1.29 is 14.7 Å². The van der Waals surface area contributed by atoms with Gasteiger partial charge in [0.25, 0.3) is 0 Å². The Balaban J connectivity index is 1.86. The zero-order chi connectivity index (χ0) is 15.7. The Kier molecular flexibility index (Phi) is 3.74. The van der Waals surface area contributed by atoms with Crippen molar-refractivity contribution in [3.05, 3.63) is 48.6 Å². The van der Waals surface area contributed by atoms with Crippen molar-refractivity contribution in [3.8, 4) is 0 Å². The Hall–Kier alpha value is -2.14. The van der Waals surface area contributed by atoms with Crippen molar-refractivity contribution in [2.75, 3.05) is 6.54 Å². The molecule has 116 valence electrons. The van der Waals surface area contributed by atoms with Gasteiger partial charge in [0.2, 0.25) is 11.8 Å². The molecular weight excluding hydrogens is 280 g/mol. The summed E-state index contributed by atoms with van der Waals surface area (Å²) in [6.07, 6.45) is 2.07. The van der Waals surface area contributed by atoms with Crippen LogP contribution in [0.1, 0.15) is 18.4 Å². The number of amides is 2. The van der Waals surface area contributed by atoms with Crippen molar-refractivity contribution >= 4 is 11.8 Å². The Morgan fingerprint density at radius 3 is 2.77 bits per heavy atom. The molecule has 3 rings (SSSR count). The van der Waals surface area contributed by atoms with Gasteiger partial charge in [0.15, 0.2) is 0 Å². The molecular formula is C17H20N2O3. The van der Waals surface area contributed by atoms with Crippen LogP contribution in [0.25, 0.3) is 0 Å². The maximum absolute atomic E-state index is 12.7. The molecule has 2 amide bonds. The van der Waals surface area contributed by atoms with Gasteiger partial charge in [-0.1, -0.05) is 36.4 Å². The van der Waals surface area contributed by atoms with Crippen molar-refractivity contribution in [2.45, 2.75) is 36.9 Å². The summed E-state index contributed by atoms with van der Waals surface area (Å²) in [6.45, 7) is 3.90. The van der Waals surface area contributed by atoms with E-state index in [1.165, 1.54) is 0 Å². The molecule has 0 spiro atoms. The molecule has 1 aromatic carbocycles. The topological polar surface area (TPSA) is 69.6 Å². The molecule has 5 nitrogen and oxygen atoms in total. The summed E-state index contributed by atoms with van der Waals surface area (Å²) in [7, 11) is 0. The van der Waals surface area contributed by atoms with Gasteiger partial charge in [-0.15, -0.1) is 6.58 Å². The van der Waals surface area contributed by atoms with Crippen molar-refractivity contribution in [1.82, 2.24) is 10.2 Å². The maximum Gasteiger partial charge on any atom is 0.247 e. The zero-order valence-corrected chi connectivity index (χ0v) is 12.4. The van der Waals surface area contributed by atoms with Crippen LogP contribution in [-0.4, -0.2) is 46.1 Å². The first-order valence-electron chi connectivity index (χ1n) is 7.52. The maximum atomic E-state index is 12.7. The molecule has 2 heterocycles. The van der Waals surface area contributed by atoms with E-state index in [-0.39, 0.29) is 24.8 Å². The summed E-state index contributed by atoms with van der Waals surface area (Å²) in [5.41, 5.74) is 0.0305. The summed E-state index contributed by atoms with van der Waals surface area (Å²) in [4.78, 5) is 26.9. The van der Waals surface area contributed by atoms with Gasteiger partial charge in [0, 0.05) is 19.4 Å². The molecule has 0 aromatic heterocycles. The van der Waals surface area contributed by atoms with E-state index >= 15 is 0 Å². The van der Waals surface area contributed by atoms with E-state index in [1.54, 1.807) is 11.0 Å². The first kappa shape index (κ1) is 14.8. The molecule has 1 aromatic rings. The van der Waals surface area contributed by atoms with Gasteiger partial charge in [-0.05, 0) is 12.0 Å². The fourth-order valence-electron chi connectivity index (χ4n) is 3.52. The molecule has 5 heteroatoms. The number of fused-ring (bicyclic) bond motifs is 1. The van der Waals surface area contributed by atoms with Gasteiger partial charge in [-0.2, -0.15) is 0 Å². The molecule has 3 atom stereocenters. The van der Waals surface area contributed by atoms with E-state index in [2.05, 4.69) is 11.9 Å². The summed E-state index contributed by atoms with van der Waals surface area (Å²) in [6, 6.07) is 9.03. The number of hydrogen-bond acceptors (Lipinski definition) is 3. The van der Waals surface area contributed by atoms with Crippen LogP contribution in [0.4, 0.5) is 0 Å². The van der Waals surface area contributed by atoms with Crippen LogP contribution in [0.15, 0.2) is 43.0 Å². The van der Waals surface area contributed by atoms with Gasteiger partial charge in [-0.25, -0.2) is 0 Å². The number of nitrogens with zero attached hydrogens (tertiary/aromatic N) is 1. The smallest absolute Gasteiger partial charge is 0.247 e. The van der Waals surface area contributed by atoms with Crippen LogP contribution in [0.5, 0.6) is 0 Å². The molecule has 2 fully saturated rings.